The van der Waals surface area contributed by atoms with Crippen LogP contribution in [0, 0.1) is 17.2 Å². The Bertz CT molecular complexity index is 1360. The molecule has 1 saturated heterocycles. The first-order chi connectivity index (χ1) is 18.6. The van der Waals surface area contributed by atoms with Gasteiger partial charge in [0.05, 0.1) is 6.07 Å². The van der Waals surface area contributed by atoms with E-state index in [-0.39, 0.29) is 12.1 Å². The second kappa shape index (κ2) is 9.90. The molecular weight excluding hydrogens is 488 g/mol. The Balaban J connectivity index is 1.50. The lowest BCUT2D eigenvalue weighted by molar-refractivity contribution is -0.122. The van der Waals surface area contributed by atoms with Gasteiger partial charge in [0.2, 0.25) is 11.8 Å². The number of likely N-dealkylation sites (tertiary alicyclic amines) is 1. The summed E-state index contributed by atoms with van der Waals surface area (Å²) < 4.78 is 0. The van der Waals surface area contributed by atoms with Gasteiger partial charge in [0.15, 0.2) is 0 Å². The monoisotopic (exact) mass is 524 g/mol. The number of nitrogens with zero attached hydrogens (tertiary/aromatic N) is 2. The Kier molecular flexibility index (Phi) is 6.73. The van der Waals surface area contributed by atoms with Crippen LogP contribution in [0.2, 0.25) is 0 Å². The normalized spacial score (nSPS) is 25.3. The highest BCUT2D eigenvalue weighted by Crippen LogP contribution is 2.49. The Hall–Kier alpha value is -4.09. The minimum absolute atomic E-state index is 0.123. The quantitative estimate of drug-likeness (QED) is 0.396. The lowest BCUT2D eigenvalue weighted by Crippen LogP contribution is -2.48. The van der Waals surface area contributed by atoms with Crippen LogP contribution in [0.1, 0.15) is 64.4 Å². The zero-order valence-corrected chi connectivity index (χ0v) is 22.4. The SMILES string of the molecule is C=C(N)c1ccc2c(c1)CCc1cc(C(N)=O)ccc1C2(C[C@H](C)NCC(=C)N1C(C#N)C[C@@H]2C[C@@H]21)C(N)=O. The number of nitrogens with one attached hydrogen (secondary N) is 1. The van der Waals surface area contributed by atoms with E-state index in [2.05, 4.69) is 29.4 Å². The smallest absolute Gasteiger partial charge is 0.248 e. The molecule has 2 aromatic rings. The maximum atomic E-state index is 13.6. The van der Waals surface area contributed by atoms with E-state index < -0.39 is 17.2 Å². The van der Waals surface area contributed by atoms with E-state index >= 15 is 0 Å². The summed E-state index contributed by atoms with van der Waals surface area (Å²) in [6.07, 6.45) is 3.67. The zero-order chi connectivity index (χ0) is 28.1. The molecule has 2 fully saturated rings. The largest absolute Gasteiger partial charge is 0.399 e. The van der Waals surface area contributed by atoms with Gasteiger partial charge in [-0.3, -0.25) is 9.59 Å². The summed E-state index contributed by atoms with van der Waals surface area (Å²) in [5.41, 5.74) is 22.7. The predicted molar refractivity (Wildman–Crippen MR) is 151 cm³/mol. The van der Waals surface area contributed by atoms with Crippen molar-refractivity contribution in [1.29, 1.82) is 5.26 Å². The fourth-order valence-electron chi connectivity index (χ4n) is 6.73. The van der Waals surface area contributed by atoms with Crippen molar-refractivity contribution >= 4 is 17.5 Å². The van der Waals surface area contributed by atoms with Crippen LogP contribution >= 0.6 is 0 Å². The van der Waals surface area contributed by atoms with E-state index in [1.165, 1.54) is 0 Å². The fraction of sp³-hybridized carbons (Fsp3) is 0.387. The minimum atomic E-state index is -1.15. The van der Waals surface area contributed by atoms with Crippen molar-refractivity contribution in [2.75, 3.05) is 6.54 Å². The molecule has 3 aliphatic rings. The summed E-state index contributed by atoms with van der Waals surface area (Å²) in [6, 6.07) is 13.6. The zero-order valence-electron chi connectivity index (χ0n) is 22.4. The average molecular weight is 525 g/mol. The van der Waals surface area contributed by atoms with Gasteiger partial charge in [-0.1, -0.05) is 31.4 Å². The third-order valence-corrected chi connectivity index (χ3v) is 8.76. The standard InChI is InChI=1S/C31H36N6O2/c1-17(36-16-18(2)37-25(15-32)12-24-13-28(24)37)14-31(30(35)39)26-8-6-20(19(3)33)10-21(26)4-5-22-11-23(29(34)38)7-9-27(22)31/h6-11,17,24-25,28,36H,2-5,12-14,16,33H2,1H3,(H2,34,38)(H2,35,39)/t17-,24+,25?,28-,31?/m0/s1. The van der Waals surface area contributed by atoms with Crippen LogP contribution in [0.25, 0.3) is 5.70 Å². The molecule has 2 unspecified atom stereocenters. The van der Waals surface area contributed by atoms with Gasteiger partial charge < -0.3 is 27.4 Å². The first-order valence-corrected chi connectivity index (χ1v) is 13.5. The highest BCUT2D eigenvalue weighted by molar-refractivity contribution is 5.95. The molecule has 0 aromatic heterocycles. The number of primary amides is 2. The Morgan fingerprint density at radius 3 is 2.26 bits per heavy atom. The first kappa shape index (κ1) is 26.5. The van der Waals surface area contributed by atoms with Crippen molar-refractivity contribution < 1.29 is 9.59 Å². The molecule has 0 spiro atoms. The highest BCUT2D eigenvalue weighted by atomic mass is 16.1. The number of piperidine rings is 1. The van der Waals surface area contributed by atoms with E-state index in [0.717, 1.165) is 46.4 Å². The summed E-state index contributed by atoms with van der Waals surface area (Å²) in [4.78, 5) is 27.7. The number of rotatable bonds is 9. The van der Waals surface area contributed by atoms with Crippen LogP contribution in [0.4, 0.5) is 0 Å². The molecule has 8 nitrogen and oxygen atoms in total. The van der Waals surface area contributed by atoms with E-state index in [0.29, 0.717) is 49.0 Å². The third-order valence-electron chi connectivity index (χ3n) is 8.76. The highest BCUT2D eigenvalue weighted by Gasteiger charge is 2.52. The summed E-state index contributed by atoms with van der Waals surface area (Å²) in [5.74, 6) is -0.383. The van der Waals surface area contributed by atoms with Gasteiger partial charge >= 0.3 is 0 Å². The Morgan fingerprint density at radius 2 is 1.69 bits per heavy atom. The number of carbonyl (C=O) groups excluding carboxylic acids is 2. The number of aryl methyl sites for hydroxylation is 2. The van der Waals surface area contributed by atoms with Crippen LogP contribution in [0.3, 0.4) is 0 Å². The van der Waals surface area contributed by atoms with Crippen LogP contribution in [0.15, 0.2) is 55.3 Å². The molecule has 0 bridgehead atoms. The number of benzene rings is 2. The summed E-state index contributed by atoms with van der Waals surface area (Å²) in [7, 11) is 0. The summed E-state index contributed by atoms with van der Waals surface area (Å²) in [6.45, 7) is 10.7. The maximum Gasteiger partial charge on any atom is 0.248 e. The van der Waals surface area contributed by atoms with Gasteiger partial charge in [0.25, 0.3) is 0 Å². The lowest BCUT2D eigenvalue weighted by atomic mass is 9.68. The Morgan fingerprint density at radius 1 is 1.08 bits per heavy atom. The first-order valence-electron chi connectivity index (χ1n) is 13.5. The molecule has 5 atom stereocenters. The summed E-state index contributed by atoms with van der Waals surface area (Å²) in [5, 5.41) is 13.1. The van der Waals surface area contributed by atoms with Gasteiger partial charge in [-0.25, -0.2) is 0 Å². The van der Waals surface area contributed by atoms with Gasteiger partial charge in [-0.15, -0.1) is 0 Å². The van der Waals surface area contributed by atoms with Crippen molar-refractivity contribution in [3.05, 3.63) is 88.6 Å². The minimum Gasteiger partial charge on any atom is -0.399 e. The molecule has 39 heavy (non-hydrogen) atoms. The molecule has 1 saturated carbocycles. The Labute approximate surface area is 229 Å². The molecule has 7 N–H and O–H groups in total. The molecule has 5 rings (SSSR count). The van der Waals surface area contributed by atoms with Crippen molar-refractivity contribution in [2.45, 2.75) is 62.6 Å². The molecule has 1 heterocycles. The van der Waals surface area contributed by atoms with Crippen molar-refractivity contribution in [3.8, 4) is 6.07 Å². The van der Waals surface area contributed by atoms with Crippen molar-refractivity contribution in [2.24, 2.45) is 23.1 Å². The van der Waals surface area contributed by atoms with E-state index in [9.17, 15) is 14.9 Å². The van der Waals surface area contributed by atoms with Crippen LogP contribution < -0.4 is 22.5 Å². The molecule has 8 heteroatoms. The van der Waals surface area contributed by atoms with E-state index in [4.69, 9.17) is 17.2 Å². The van der Waals surface area contributed by atoms with Crippen LogP contribution in [-0.4, -0.2) is 41.4 Å². The predicted octanol–water partition coefficient (Wildman–Crippen LogP) is 2.45. The van der Waals surface area contributed by atoms with E-state index in [1.54, 1.807) is 12.1 Å². The number of hydrogen-bond acceptors (Lipinski definition) is 6. The van der Waals surface area contributed by atoms with Crippen molar-refractivity contribution in [1.82, 2.24) is 10.2 Å². The molecule has 202 valence electrons. The van der Waals surface area contributed by atoms with Crippen molar-refractivity contribution in [3.63, 3.8) is 0 Å². The topological polar surface area (TPSA) is 151 Å². The number of carbonyl (C=O) groups is 2. The van der Waals surface area contributed by atoms with Gasteiger partial charge in [0.1, 0.15) is 11.5 Å². The number of fused-ring (bicyclic) bond motifs is 3. The number of amides is 2. The lowest BCUT2D eigenvalue weighted by Gasteiger charge is -2.36. The molecule has 1 aliphatic heterocycles. The average Bonchev–Trinajstić information content (AvgIpc) is 3.60. The molecule has 0 radical (unpaired) electrons. The molecule has 2 amide bonds. The van der Waals surface area contributed by atoms with Crippen LogP contribution in [-0.2, 0) is 23.1 Å². The van der Waals surface area contributed by atoms with Gasteiger partial charge in [0, 0.05) is 35.6 Å². The fourth-order valence-corrected chi connectivity index (χ4v) is 6.73. The number of hydrogen-bond donors (Lipinski definition) is 4. The molecule has 2 aliphatic carbocycles. The number of nitrogens with two attached hydrogens (primary N) is 3. The van der Waals surface area contributed by atoms with E-state index in [1.807, 2.05) is 31.2 Å². The second-order valence-electron chi connectivity index (χ2n) is 11.3. The number of nitriles is 1. The van der Waals surface area contributed by atoms with Gasteiger partial charge in [-0.05, 0) is 91.0 Å². The maximum absolute atomic E-state index is 13.6. The third kappa shape index (κ3) is 4.57. The van der Waals surface area contributed by atoms with Gasteiger partial charge in [-0.2, -0.15) is 5.26 Å². The molecular formula is C31H36N6O2. The van der Waals surface area contributed by atoms with Crippen LogP contribution in [0.5, 0.6) is 0 Å². The molecule has 2 aromatic carbocycles. The summed E-state index contributed by atoms with van der Waals surface area (Å²) >= 11 is 0. The second-order valence-corrected chi connectivity index (χ2v) is 11.3.